The lowest BCUT2D eigenvalue weighted by Crippen LogP contribution is -2.42. The first-order valence-corrected chi connectivity index (χ1v) is 10.8. The minimum atomic E-state index is -0.700. The molecule has 31 heavy (non-hydrogen) atoms. The summed E-state index contributed by atoms with van der Waals surface area (Å²) in [6, 6.07) is 5.22. The van der Waals surface area contributed by atoms with Crippen LogP contribution in [0.2, 0.25) is 10.0 Å². The second-order valence-corrected chi connectivity index (χ2v) is 8.39. The average molecular weight is 471 g/mol. The summed E-state index contributed by atoms with van der Waals surface area (Å²) >= 11 is 12.3. The molecule has 1 amide bonds. The quantitative estimate of drug-likeness (QED) is 0.518. The zero-order valence-electron chi connectivity index (χ0n) is 17.9. The number of aryl methyl sites for hydroxylation is 1. The predicted octanol–water partition coefficient (Wildman–Crippen LogP) is 3.08. The molecule has 0 aliphatic heterocycles. The van der Waals surface area contributed by atoms with E-state index in [9.17, 15) is 14.4 Å². The molecular formula is C21H28Cl2N4O4. The first-order valence-electron chi connectivity index (χ1n) is 10.0. The Morgan fingerprint density at radius 3 is 2.65 bits per heavy atom. The molecule has 1 heterocycles. The highest BCUT2D eigenvalue weighted by Gasteiger charge is 2.24. The van der Waals surface area contributed by atoms with E-state index in [1.165, 1.54) is 9.47 Å². The summed E-state index contributed by atoms with van der Waals surface area (Å²) in [4.78, 5) is 41.6. The summed E-state index contributed by atoms with van der Waals surface area (Å²) in [5.74, 6) is -0.241. The lowest BCUT2D eigenvalue weighted by atomic mass is 10.1. The summed E-state index contributed by atoms with van der Waals surface area (Å²) in [6.45, 7) is 4.77. The van der Waals surface area contributed by atoms with Gasteiger partial charge in [-0.15, -0.1) is 0 Å². The Labute approximate surface area is 190 Å². The van der Waals surface area contributed by atoms with Gasteiger partial charge in [0, 0.05) is 33.2 Å². The van der Waals surface area contributed by atoms with Crippen molar-refractivity contribution in [1.29, 1.82) is 0 Å². The summed E-state index contributed by atoms with van der Waals surface area (Å²) < 4.78 is 6.36. The average Bonchev–Trinajstić information content (AvgIpc) is 2.70. The van der Waals surface area contributed by atoms with Gasteiger partial charge in [0.15, 0.2) is 5.69 Å². The molecule has 0 bridgehead atoms. The second-order valence-electron chi connectivity index (χ2n) is 7.60. The molecular weight excluding hydrogens is 443 g/mol. The number of nitrogen functional groups attached to an aromatic ring is 1. The van der Waals surface area contributed by atoms with Crippen molar-refractivity contribution in [2.75, 3.05) is 30.9 Å². The van der Waals surface area contributed by atoms with E-state index in [-0.39, 0.29) is 36.3 Å². The van der Waals surface area contributed by atoms with Gasteiger partial charge in [0.1, 0.15) is 5.82 Å². The highest BCUT2D eigenvalue weighted by Crippen LogP contribution is 2.27. The van der Waals surface area contributed by atoms with E-state index in [1.54, 1.807) is 25.3 Å². The van der Waals surface area contributed by atoms with Gasteiger partial charge in [0.05, 0.1) is 10.0 Å². The van der Waals surface area contributed by atoms with Gasteiger partial charge in [-0.2, -0.15) is 0 Å². The Hall–Kier alpha value is -2.29. The number of hydrogen-bond acceptors (Lipinski definition) is 5. The lowest BCUT2D eigenvalue weighted by molar-refractivity contribution is -0.118. The highest BCUT2D eigenvalue weighted by molar-refractivity contribution is 6.42. The van der Waals surface area contributed by atoms with Crippen molar-refractivity contribution in [3.63, 3.8) is 0 Å². The van der Waals surface area contributed by atoms with E-state index in [1.807, 2.05) is 13.8 Å². The van der Waals surface area contributed by atoms with E-state index in [0.29, 0.717) is 36.0 Å². The standard InChI is InChI=1S/C21H28Cl2N4O4/c1-13(2)12-27-19(24)18(20(29)25-21(27)30)26(10-5-11-31-3)16(28)9-8-14-6-4-7-15(22)17(14)23/h4,6-7,13H,5,8-12,24H2,1-3H3,(H,25,29,30). The molecule has 170 valence electrons. The summed E-state index contributed by atoms with van der Waals surface area (Å²) in [5, 5.41) is 0.802. The van der Waals surface area contributed by atoms with Crippen LogP contribution in [0.5, 0.6) is 0 Å². The normalized spacial score (nSPS) is 11.2. The summed E-state index contributed by atoms with van der Waals surface area (Å²) in [7, 11) is 1.55. The van der Waals surface area contributed by atoms with E-state index in [2.05, 4.69) is 4.98 Å². The number of methoxy groups -OCH3 is 1. The van der Waals surface area contributed by atoms with Crippen LogP contribution in [0.3, 0.4) is 0 Å². The third-order valence-corrected chi connectivity index (χ3v) is 5.56. The molecule has 0 aliphatic rings. The molecule has 0 saturated heterocycles. The van der Waals surface area contributed by atoms with Gasteiger partial charge in [0.25, 0.3) is 5.56 Å². The topological polar surface area (TPSA) is 110 Å². The number of aromatic amines is 1. The number of halogens is 2. The Kier molecular flexibility index (Phi) is 9.15. The largest absolute Gasteiger partial charge is 0.385 e. The molecule has 0 aliphatic carbocycles. The monoisotopic (exact) mass is 470 g/mol. The van der Waals surface area contributed by atoms with Gasteiger partial charge in [-0.3, -0.25) is 19.1 Å². The van der Waals surface area contributed by atoms with Crippen LogP contribution in [0.15, 0.2) is 27.8 Å². The maximum Gasteiger partial charge on any atom is 0.330 e. The number of carbonyl (C=O) groups is 1. The molecule has 0 atom stereocenters. The van der Waals surface area contributed by atoms with Crippen LogP contribution < -0.4 is 21.9 Å². The van der Waals surface area contributed by atoms with Crippen molar-refractivity contribution >= 4 is 40.6 Å². The zero-order valence-corrected chi connectivity index (χ0v) is 19.4. The lowest BCUT2D eigenvalue weighted by Gasteiger charge is -2.25. The minimum Gasteiger partial charge on any atom is -0.385 e. The SMILES string of the molecule is COCCCN(C(=O)CCc1cccc(Cl)c1Cl)c1c(N)n(CC(C)C)c(=O)[nH]c1=O. The number of nitrogens with zero attached hydrogens (tertiary/aromatic N) is 2. The molecule has 0 radical (unpaired) electrons. The van der Waals surface area contributed by atoms with Gasteiger partial charge in [0.2, 0.25) is 5.91 Å². The Balaban J connectivity index is 2.39. The molecule has 0 spiro atoms. The molecule has 2 aromatic rings. The smallest absolute Gasteiger partial charge is 0.330 e. The Bertz CT molecular complexity index is 1030. The van der Waals surface area contributed by atoms with Gasteiger partial charge < -0.3 is 15.4 Å². The third-order valence-electron chi connectivity index (χ3n) is 4.70. The van der Waals surface area contributed by atoms with Crippen molar-refractivity contribution in [2.45, 2.75) is 39.7 Å². The fraction of sp³-hybridized carbons (Fsp3) is 0.476. The number of ether oxygens (including phenoxy) is 1. The Morgan fingerprint density at radius 2 is 2.00 bits per heavy atom. The van der Waals surface area contributed by atoms with Crippen LogP contribution in [0.1, 0.15) is 32.3 Å². The summed E-state index contributed by atoms with van der Waals surface area (Å²) in [6.07, 6.45) is 0.903. The molecule has 1 aromatic carbocycles. The maximum absolute atomic E-state index is 13.1. The van der Waals surface area contributed by atoms with E-state index < -0.39 is 11.2 Å². The first kappa shape index (κ1) is 25.0. The molecule has 8 nitrogen and oxygen atoms in total. The number of nitrogens with one attached hydrogen (secondary N) is 1. The molecule has 0 saturated carbocycles. The zero-order chi connectivity index (χ0) is 23.1. The predicted molar refractivity (Wildman–Crippen MR) is 124 cm³/mol. The van der Waals surface area contributed by atoms with E-state index in [4.69, 9.17) is 33.7 Å². The molecule has 0 fully saturated rings. The third kappa shape index (κ3) is 6.35. The number of rotatable bonds is 10. The van der Waals surface area contributed by atoms with Crippen LogP contribution in [0, 0.1) is 5.92 Å². The highest BCUT2D eigenvalue weighted by atomic mass is 35.5. The van der Waals surface area contributed by atoms with Crippen molar-refractivity contribution in [2.24, 2.45) is 5.92 Å². The fourth-order valence-corrected chi connectivity index (χ4v) is 3.65. The van der Waals surface area contributed by atoms with Gasteiger partial charge in [-0.05, 0) is 30.4 Å². The number of amides is 1. The van der Waals surface area contributed by atoms with E-state index >= 15 is 0 Å². The number of hydrogen-bond donors (Lipinski definition) is 2. The first-order chi connectivity index (χ1) is 14.7. The molecule has 3 N–H and O–H groups in total. The number of carbonyl (C=O) groups excluding carboxylic acids is 1. The van der Waals surface area contributed by atoms with Gasteiger partial charge >= 0.3 is 5.69 Å². The number of anilines is 2. The van der Waals surface area contributed by atoms with Crippen LogP contribution in [0.25, 0.3) is 0 Å². The number of aromatic nitrogens is 2. The molecule has 1 aromatic heterocycles. The van der Waals surface area contributed by atoms with Crippen molar-refractivity contribution < 1.29 is 9.53 Å². The maximum atomic E-state index is 13.1. The van der Waals surface area contributed by atoms with Crippen molar-refractivity contribution in [3.8, 4) is 0 Å². The molecule has 0 unspecified atom stereocenters. The number of benzene rings is 1. The Morgan fingerprint density at radius 1 is 1.29 bits per heavy atom. The van der Waals surface area contributed by atoms with Gasteiger partial charge in [-0.25, -0.2) is 4.79 Å². The number of H-pyrrole nitrogens is 1. The molecule has 10 heteroatoms. The number of nitrogens with two attached hydrogens (primary N) is 1. The molecule has 2 rings (SSSR count). The fourth-order valence-electron chi connectivity index (χ4n) is 3.23. The van der Waals surface area contributed by atoms with Crippen LogP contribution in [-0.4, -0.2) is 35.7 Å². The van der Waals surface area contributed by atoms with Gasteiger partial charge in [-0.1, -0.05) is 49.2 Å². The van der Waals surface area contributed by atoms with Crippen molar-refractivity contribution in [1.82, 2.24) is 9.55 Å². The minimum absolute atomic E-state index is 0.0291. The van der Waals surface area contributed by atoms with Crippen LogP contribution in [-0.2, 0) is 22.5 Å². The van der Waals surface area contributed by atoms with Crippen LogP contribution in [0.4, 0.5) is 11.5 Å². The van der Waals surface area contributed by atoms with E-state index in [0.717, 1.165) is 5.56 Å². The van der Waals surface area contributed by atoms with Crippen molar-refractivity contribution in [3.05, 3.63) is 54.6 Å². The second kappa shape index (κ2) is 11.4. The summed E-state index contributed by atoms with van der Waals surface area (Å²) in [5.41, 5.74) is 5.60. The van der Waals surface area contributed by atoms with Crippen LogP contribution >= 0.6 is 23.2 Å².